The molecule has 1 heterocycles. The Balaban J connectivity index is 2.78. The fraction of sp³-hybridized carbons (Fsp3) is 0. The fourth-order valence-electron chi connectivity index (χ4n) is 0.472. The Hall–Kier alpha value is -1.58. The molecule has 0 aromatic heterocycles. The van der Waals surface area contributed by atoms with Crippen molar-refractivity contribution in [3.63, 3.8) is 0 Å². The molecular weight excluding hydrogens is 132 g/mol. The molecule has 1 amide bonds. The molecule has 0 aromatic rings. The first-order valence-corrected chi connectivity index (χ1v) is 2.67. The smallest absolute Gasteiger partial charge is 0.270 e. The molecule has 0 aromatic carbocycles. The zero-order valence-electron chi connectivity index (χ0n) is 5.15. The van der Waals surface area contributed by atoms with Gasteiger partial charge in [0.2, 0.25) is 0 Å². The summed E-state index contributed by atoms with van der Waals surface area (Å²) in [5.41, 5.74) is 5.02. The maximum Gasteiger partial charge on any atom is 0.270 e. The molecule has 4 nitrogen and oxygen atoms in total. The summed E-state index contributed by atoms with van der Waals surface area (Å²) in [7, 11) is 0. The monoisotopic (exact) mass is 138 g/mol. The molecule has 1 aliphatic heterocycles. The summed E-state index contributed by atoms with van der Waals surface area (Å²) in [6, 6.07) is 0. The van der Waals surface area contributed by atoms with E-state index >= 15 is 0 Å². The predicted octanol–water partition coefficient (Wildman–Crippen LogP) is -0.0722. The van der Waals surface area contributed by atoms with Crippen molar-refractivity contribution in [1.29, 1.82) is 0 Å². The van der Waals surface area contributed by atoms with Crippen LogP contribution >= 0.6 is 0 Å². The van der Waals surface area contributed by atoms with Gasteiger partial charge in [0.25, 0.3) is 5.91 Å². The summed E-state index contributed by atoms with van der Waals surface area (Å²) >= 11 is 0. The minimum absolute atomic E-state index is 0.116. The van der Waals surface area contributed by atoms with Crippen LogP contribution in [0.4, 0.5) is 0 Å². The van der Waals surface area contributed by atoms with Crippen LogP contribution < -0.4 is 5.73 Å². The Bertz CT molecular complexity index is 228. The lowest BCUT2D eigenvalue weighted by Crippen LogP contribution is -2.21. The summed E-state index contributed by atoms with van der Waals surface area (Å²) in [6.07, 6.45) is 6.06. The van der Waals surface area contributed by atoms with Crippen molar-refractivity contribution in [2.75, 3.05) is 0 Å². The first-order chi connectivity index (χ1) is 4.80. The number of nitrogens with zero attached hydrogens (tertiary/aromatic N) is 1. The molecule has 0 saturated heterocycles. The number of primary amides is 1. The number of hydrogen-bond acceptors (Lipinski definition) is 3. The Morgan fingerprint density at radius 3 is 3.10 bits per heavy atom. The zero-order valence-corrected chi connectivity index (χ0v) is 5.15. The van der Waals surface area contributed by atoms with Crippen molar-refractivity contribution >= 4 is 11.6 Å². The molecule has 0 saturated carbocycles. The third-order valence-electron chi connectivity index (χ3n) is 0.908. The van der Waals surface area contributed by atoms with E-state index in [0.29, 0.717) is 0 Å². The minimum Gasteiger partial charge on any atom is -0.364 e. The lowest BCUT2D eigenvalue weighted by molar-refractivity contribution is -0.112. The van der Waals surface area contributed by atoms with E-state index in [0.717, 1.165) is 0 Å². The Kier molecular flexibility index (Phi) is 1.84. The van der Waals surface area contributed by atoms with Crippen LogP contribution in [0.2, 0.25) is 0 Å². The SMILES string of the molecule is NC(=O)C1=NOC=CC=C1. The third-order valence-corrected chi connectivity index (χ3v) is 0.908. The normalized spacial score (nSPS) is 15.4. The molecule has 0 aliphatic carbocycles. The number of amides is 1. The molecule has 1 rings (SSSR count). The van der Waals surface area contributed by atoms with E-state index in [1.165, 1.54) is 12.3 Å². The van der Waals surface area contributed by atoms with Crippen LogP contribution in [0.25, 0.3) is 0 Å². The highest BCUT2D eigenvalue weighted by molar-refractivity contribution is 6.42. The van der Waals surface area contributed by atoms with Gasteiger partial charge in [-0.2, -0.15) is 0 Å². The molecular formula is C6H6N2O2. The van der Waals surface area contributed by atoms with Crippen molar-refractivity contribution in [3.8, 4) is 0 Å². The standard InChI is InChI=1S/C6H6N2O2/c7-6(9)5-3-1-2-4-10-8-5/h1-4H,(H2,7,9). The lowest BCUT2D eigenvalue weighted by Gasteiger charge is -1.89. The highest BCUT2D eigenvalue weighted by Gasteiger charge is 2.02. The van der Waals surface area contributed by atoms with Crippen LogP contribution in [0.1, 0.15) is 0 Å². The Morgan fingerprint density at radius 1 is 1.60 bits per heavy atom. The van der Waals surface area contributed by atoms with Crippen molar-refractivity contribution < 1.29 is 9.63 Å². The molecule has 0 atom stereocenters. The van der Waals surface area contributed by atoms with Crippen LogP contribution in [-0.4, -0.2) is 11.6 Å². The van der Waals surface area contributed by atoms with Crippen molar-refractivity contribution in [1.82, 2.24) is 0 Å². The first-order valence-electron chi connectivity index (χ1n) is 2.67. The van der Waals surface area contributed by atoms with Crippen molar-refractivity contribution in [2.24, 2.45) is 10.9 Å². The van der Waals surface area contributed by atoms with E-state index in [4.69, 9.17) is 5.73 Å². The van der Waals surface area contributed by atoms with E-state index in [2.05, 4.69) is 9.99 Å². The highest BCUT2D eigenvalue weighted by atomic mass is 16.6. The van der Waals surface area contributed by atoms with Crippen molar-refractivity contribution in [2.45, 2.75) is 0 Å². The van der Waals surface area contributed by atoms with Gasteiger partial charge in [0.15, 0.2) is 5.71 Å². The molecule has 52 valence electrons. The van der Waals surface area contributed by atoms with Gasteiger partial charge in [-0.25, -0.2) is 0 Å². The van der Waals surface area contributed by atoms with Crippen molar-refractivity contribution in [3.05, 3.63) is 24.5 Å². The molecule has 2 N–H and O–H groups in total. The molecule has 0 spiro atoms. The Labute approximate surface area is 57.6 Å². The maximum absolute atomic E-state index is 10.4. The molecule has 10 heavy (non-hydrogen) atoms. The number of hydrogen-bond donors (Lipinski definition) is 1. The largest absolute Gasteiger partial charge is 0.364 e. The zero-order chi connectivity index (χ0) is 7.40. The van der Waals surface area contributed by atoms with Crippen LogP contribution in [-0.2, 0) is 9.63 Å². The quantitative estimate of drug-likeness (QED) is 0.551. The maximum atomic E-state index is 10.4. The van der Waals surface area contributed by atoms with Gasteiger partial charge in [0, 0.05) is 0 Å². The highest BCUT2D eigenvalue weighted by Crippen LogP contribution is 1.91. The predicted molar refractivity (Wildman–Crippen MR) is 36.0 cm³/mol. The van der Waals surface area contributed by atoms with E-state index in [-0.39, 0.29) is 5.71 Å². The molecule has 1 aliphatic rings. The minimum atomic E-state index is -0.597. The second-order valence-electron chi connectivity index (χ2n) is 1.63. The number of carbonyl (C=O) groups is 1. The van der Waals surface area contributed by atoms with Gasteiger partial charge in [0.1, 0.15) is 6.26 Å². The van der Waals surface area contributed by atoms with E-state index in [9.17, 15) is 4.79 Å². The summed E-state index contributed by atoms with van der Waals surface area (Å²) in [4.78, 5) is 15.0. The summed E-state index contributed by atoms with van der Waals surface area (Å²) < 4.78 is 0. The number of oxime groups is 1. The fourth-order valence-corrected chi connectivity index (χ4v) is 0.472. The molecule has 0 radical (unpaired) electrons. The number of rotatable bonds is 1. The second kappa shape index (κ2) is 2.82. The topological polar surface area (TPSA) is 64.7 Å². The lowest BCUT2D eigenvalue weighted by atomic mass is 10.3. The van der Waals surface area contributed by atoms with E-state index in [1.54, 1.807) is 12.2 Å². The number of nitrogens with two attached hydrogens (primary N) is 1. The number of allylic oxidation sites excluding steroid dienone is 2. The van der Waals surface area contributed by atoms with Crippen LogP contribution in [0.5, 0.6) is 0 Å². The van der Waals surface area contributed by atoms with Gasteiger partial charge in [-0.15, -0.1) is 0 Å². The van der Waals surface area contributed by atoms with E-state index < -0.39 is 5.91 Å². The average Bonchev–Trinajstić information content (AvgIpc) is 2.12. The Morgan fingerprint density at radius 2 is 2.40 bits per heavy atom. The average molecular weight is 138 g/mol. The van der Waals surface area contributed by atoms with Gasteiger partial charge in [0.05, 0.1) is 0 Å². The molecule has 0 fully saturated rings. The van der Waals surface area contributed by atoms with Gasteiger partial charge < -0.3 is 10.6 Å². The summed E-state index contributed by atoms with van der Waals surface area (Å²) in [5.74, 6) is -0.597. The van der Waals surface area contributed by atoms with Gasteiger partial charge in [-0.1, -0.05) is 11.2 Å². The number of carbonyl (C=O) groups excluding carboxylic acids is 1. The van der Waals surface area contributed by atoms with E-state index in [1.807, 2.05) is 0 Å². The van der Waals surface area contributed by atoms with Crippen LogP contribution in [0, 0.1) is 0 Å². The van der Waals surface area contributed by atoms with Gasteiger partial charge in [-0.05, 0) is 12.2 Å². The van der Waals surface area contributed by atoms with Gasteiger partial charge in [-0.3, -0.25) is 4.79 Å². The molecule has 4 heteroatoms. The second-order valence-corrected chi connectivity index (χ2v) is 1.63. The van der Waals surface area contributed by atoms with Crippen LogP contribution in [0.3, 0.4) is 0 Å². The summed E-state index contributed by atoms with van der Waals surface area (Å²) in [6.45, 7) is 0. The van der Waals surface area contributed by atoms with Crippen LogP contribution in [0.15, 0.2) is 29.6 Å². The molecule has 0 bridgehead atoms. The first kappa shape index (κ1) is 6.54. The summed E-state index contributed by atoms with van der Waals surface area (Å²) in [5, 5.41) is 3.39. The molecule has 0 unspecified atom stereocenters. The van der Waals surface area contributed by atoms with Gasteiger partial charge >= 0.3 is 0 Å². The third kappa shape index (κ3) is 1.45.